The summed E-state index contributed by atoms with van der Waals surface area (Å²) in [7, 11) is 1.69. The Labute approximate surface area is 174 Å². The Bertz CT molecular complexity index is 1170. The van der Waals surface area contributed by atoms with E-state index in [9.17, 15) is 9.90 Å². The van der Waals surface area contributed by atoms with E-state index in [1.54, 1.807) is 31.4 Å². The van der Waals surface area contributed by atoms with E-state index >= 15 is 0 Å². The SMILES string of the molecule is Cn1ccc2cc(-c3ccc(O[C@H]4C[C@]5(C)CC[C@](C)(C4)N5)nn3)c(O)cc2c1=O. The van der Waals surface area contributed by atoms with E-state index in [0.29, 0.717) is 22.5 Å². The maximum absolute atomic E-state index is 12.3. The van der Waals surface area contributed by atoms with E-state index in [1.807, 2.05) is 6.07 Å². The molecule has 0 aliphatic carbocycles. The van der Waals surface area contributed by atoms with Crippen molar-refractivity contribution in [2.45, 2.75) is 56.7 Å². The van der Waals surface area contributed by atoms with E-state index in [2.05, 4.69) is 29.4 Å². The first-order chi connectivity index (χ1) is 14.2. The van der Waals surface area contributed by atoms with Crippen molar-refractivity contribution in [3.63, 3.8) is 0 Å². The summed E-state index contributed by atoms with van der Waals surface area (Å²) >= 11 is 0. The van der Waals surface area contributed by atoms with Gasteiger partial charge in [-0.1, -0.05) is 0 Å². The van der Waals surface area contributed by atoms with Crippen molar-refractivity contribution in [1.29, 1.82) is 0 Å². The highest BCUT2D eigenvalue weighted by Gasteiger charge is 2.49. The lowest BCUT2D eigenvalue weighted by atomic mass is 9.86. The number of nitrogens with zero attached hydrogens (tertiary/aromatic N) is 3. The molecular weight excluding hydrogens is 380 g/mol. The minimum atomic E-state index is -0.150. The van der Waals surface area contributed by atoms with Crippen molar-refractivity contribution >= 4 is 10.8 Å². The number of phenolic OH excluding ortho intramolecular Hbond substituents is 1. The Morgan fingerprint density at radius 2 is 1.87 bits per heavy atom. The molecule has 4 heterocycles. The molecule has 0 amide bonds. The monoisotopic (exact) mass is 406 g/mol. The van der Waals surface area contributed by atoms with Crippen LogP contribution in [0.3, 0.4) is 0 Å². The first-order valence-electron chi connectivity index (χ1n) is 10.4. The highest BCUT2D eigenvalue weighted by molar-refractivity contribution is 5.89. The van der Waals surface area contributed by atoms with Crippen LogP contribution < -0.4 is 15.6 Å². The Kier molecular flexibility index (Phi) is 4.15. The summed E-state index contributed by atoms with van der Waals surface area (Å²) in [5, 5.41) is 24.0. The molecule has 2 fully saturated rings. The van der Waals surface area contributed by atoms with Crippen LogP contribution in [0.1, 0.15) is 39.5 Å². The molecule has 0 saturated carbocycles. The van der Waals surface area contributed by atoms with Crippen molar-refractivity contribution in [3.05, 3.63) is 46.9 Å². The van der Waals surface area contributed by atoms with Gasteiger partial charge in [0.15, 0.2) is 0 Å². The molecule has 0 spiro atoms. The number of aryl methyl sites for hydroxylation is 1. The quantitative estimate of drug-likeness (QED) is 0.695. The van der Waals surface area contributed by atoms with E-state index < -0.39 is 0 Å². The minimum absolute atomic E-state index is 0.00421. The molecule has 2 saturated heterocycles. The van der Waals surface area contributed by atoms with Crippen molar-refractivity contribution in [2.24, 2.45) is 7.05 Å². The molecule has 7 nitrogen and oxygen atoms in total. The number of nitrogens with one attached hydrogen (secondary N) is 1. The van der Waals surface area contributed by atoms with Gasteiger partial charge in [0.2, 0.25) is 5.88 Å². The van der Waals surface area contributed by atoms with Crippen molar-refractivity contribution in [1.82, 2.24) is 20.1 Å². The largest absolute Gasteiger partial charge is 0.507 e. The molecule has 2 aromatic heterocycles. The lowest BCUT2D eigenvalue weighted by Crippen LogP contribution is -2.56. The predicted molar refractivity (Wildman–Crippen MR) is 115 cm³/mol. The number of fused-ring (bicyclic) bond motifs is 3. The van der Waals surface area contributed by atoms with Crippen LogP contribution in [-0.4, -0.2) is 37.1 Å². The van der Waals surface area contributed by atoms with Gasteiger partial charge >= 0.3 is 0 Å². The summed E-state index contributed by atoms with van der Waals surface area (Å²) in [6, 6.07) is 8.69. The first-order valence-corrected chi connectivity index (χ1v) is 10.4. The number of hydrogen-bond donors (Lipinski definition) is 2. The van der Waals surface area contributed by atoms with Gasteiger partial charge in [-0.25, -0.2) is 0 Å². The van der Waals surface area contributed by atoms with Crippen LogP contribution in [-0.2, 0) is 7.05 Å². The number of aromatic hydroxyl groups is 1. The van der Waals surface area contributed by atoms with Gasteiger partial charge in [0.1, 0.15) is 11.9 Å². The Hall–Kier alpha value is -2.93. The van der Waals surface area contributed by atoms with E-state index in [-0.39, 0.29) is 28.5 Å². The van der Waals surface area contributed by atoms with Gasteiger partial charge in [-0.15, -0.1) is 10.2 Å². The van der Waals surface area contributed by atoms with Crippen LogP contribution >= 0.6 is 0 Å². The zero-order chi connectivity index (χ0) is 21.1. The van der Waals surface area contributed by atoms with Gasteiger partial charge in [-0.05, 0) is 56.3 Å². The summed E-state index contributed by atoms with van der Waals surface area (Å²) < 4.78 is 7.65. The van der Waals surface area contributed by atoms with Crippen LogP contribution in [0.4, 0.5) is 0 Å². The molecule has 2 aliphatic rings. The average Bonchev–Trinajstić information content (AvgIpc) is 2.93. The maximum atomic E-state index is 12.3. The van der Waals surface area contributed by atoms with Gasteiger partial charge in [-0.2, -0.15) is 0 Å². The summed E-state index contributed by atoms with van der Waals surface area (Å²) in [5.41, 5.74) is 1.17. The highest BCUT2D eigenvalue weighted by atomic mass is 16.5. The van der Waals surface area contributed by atoms with Crippen LogP contribution in [0.25, 0.3) is 22.0 Å². The van der Waals surface area contributed by atoms with Crippen LogP contribution in [0, 0.1) is 0 Å². The van der Waals surface area contributed by atoms with Crippen LogP contribution in [0.2, 0.25) is 0 Å². The summed E-state index contributed by atoms with van der Waals surface area (Å²) in [5.74, 6) is 0.496. The smallest absolute Gasteiger partial charge is 0.258 e. The summed E-state index contributed by atoms with van der Waals surface area (Å²) in [4.78, 5) is 12.3. The fourth-order valence-electron chi connectivity index (χ4n) is 5.15. The van der Waals surface area contributed by atoms with E-state index in [0.717, 1.165) is 18.2 Å². The number of pyridine rings is 1. The maximum Gasteiger partial charge on any atom is 0.258 e. The molecule has 0 radical (unpaired) electrons. The number of piperidine rings is 1. The molecular formula is C23H26N4O3. The number of benzene rings is 1. The molecule has 5 rings (SSSR count). The molecule has 30 heavy (non-hydrogen) atoms. The second kappa shape index (κ2) is 6.54. The second-order valence-corrected chi connectivity index (χ2v) is 9.34. The fourth-order valence-corrected chi connectivity index (χ4v) is 5.15. The zero-order valence-corrected chi connectivity index (χ0v) is 17.5. The van der Waals surface area contributed by atoms with Crippen molar-refractivity contribution < 1.29 is 9.84 Å². The third-order valence-corrected chi connectivity index (χ3v) is 6.59. The topological polar surface area (TPSA) is 89.3 Å². The molecule has 156 valence electrons. The molecule has 2 N–H and O–H groups in total. The van der Waals surface area contributed by atoms with Gasteiger partial charge in [0.25, 0.3) is 5.56 Å². The third-order valence-electron chi connectivity index (χ3n) is 6.59. The first kappa shape index (κ1) is 19.1. The number of ether oxygens (including phenoxy) is 1. The fraction of sp³-hybridized carbons (Fsp3) is 0.435. The predicted octanol–water partition coefficient (Wildman–Crippen LogP) is 3.14. The lowest BCUT2D eigenvalue weighted by Gasteiger charge is -2.41. The zero-order valence-electron chi connectivity index (χ0n) is 17.5. The molecule has 0 unspecified atom stereocenters. The molecule has 1 aromatic carbocycles. The summed E-state index contributed by atoms with van der Waals surface area (Å²) in [6.07, 6.45) is 6.05. The number of hydrogen-bond acceptors (Lipinski definition) is 6. The lowest BCUT2D eigenvalue weighted by molar-refractivity contribution is 0.0754. The van der Waals surface area contributed by atoms with Crippen LogP contribution in [0.5, 0.6) is 11.6 Å². The van der Waals surface area contributed by atoms with Gasteiger partial charge in [-0.3, -0.25) is 4.79 Å². The number of rotatable bonds is 3. The third kappa shape index (κ3) is 3.23. The van der Waals surface area contributed by atoms with Crippen molar-refractivity contribution in [2.75, 3.05) is 0 Å². The second-order valence-electron chi connectivity index (χ2n) is 9.34. The molecule has 7 heteroatoms. The summed E-state index contributed by atoms with van der Waals surface area (Å²) in [6.45, 7) is 4.52. The van der Waals surface area contributed by atoms with E-state index in [4.69, 9.17) is 4.74 Å². The minimum Gasteiger partial charge on any atom is -0.507 e. The van der Waals surface area contributed by atoms with Crippen LogP contribution in [0.15, 0.2) is 41.3 Å². The Balaban J connectivity index is 1.40. The van der Waals surface area contributed by atoms with E-state index in [1.165, 1.54) is 23.5 Å². The van der Waals surface area contributed by atoms with Crippen molar-refractivity contribution in [3.8, 4) is 22.9 Å². The molecule has 3 aromatic rings. The Morgan fingerprint density at radius 1 is 1.13 bits per heavy atom. The van der Waals surface area contributed by atoms with Gasteiger partial charge < -0.3 is 19.7 Å². The Morgan fingerprint density at radius 3 is 2.53 bits per heavy atom. The van der Waals surface area contributed by atoms with Gasteiger partial charge in [0, 0.05) is 48.8 Å². The number of aromatic nitrogens is 3. The highest BCUT2D eigenvalue weighted by Crippen LogP contribution is 2.43. The standard InChI is InChI=1S/C23H26N4O3/c1-22-7-8-23(2,26-22)13-15(12-22)30-20-5-4-18(24-25-20)17-10-14-6-9-27(3)21(29)16(14)11-19(17)28/h4-6,9-11,15,26,28H,7-8,12-13H2,1-3H3/t15-,22-,23+. The molecule has 2 bridgehead atoms. The molecule has 3 atom stereocenters. The molecule has 2 aliphatic heterocycles. The average molecular weight is 406 g/mol. The number of phenols is 1. The normalized spacial score (nSPS) is 28.0. The van der Waals surface area contributed by atoms with Gasteiger partial charge in [0.05, 0.1) is 11.1 Å².